The van der Waals surface area contributed by atoms with Crippen molar-refractivity contribution in [2.45, 2.75) is 52.1 Å². The van der Waals surface area contributed by atoms with Gasteiger partial charge in [0.05, 0.1) is 26.4 Å². The highest BCUT2D eigenvalue weighted by Crippen LogP contribution is 2.11. The van der Waals surface area contributed by atoms with E-state index in [-0.39, 0.29) is 5.91 Å². The minimum absolute atomic E-state index is 0.0805. The van der Waals surface area contributed by atoms with Gasteiger partial charge in [-0.25, -0.2) is 13.2 Å². The molecule has 0 unspecified atom stereocenters. The Labute approximate surface area is 196 Å². The topological polar surface area (TPSA) is 129 Å². The zero-order chi connectivity index (χ0) is 24.3. The van der Waals surface area contributed by atoms with E-state index in [1.165, 1.54) is 0 Å². The maximum absolute atomic E-state index is 11.6. The van der Waals surface area contributed by atoms with Crippen LogP contribution in [-0.2, 0) is 32.6 Å². The van der Waals surface area contributed by atoms with Gasteiger partial charge in [-0.3, -0.25) is 4.79 Å². The van der Waals surface area contributed by atoms with E-state index in [0.29, 0.717) is 84.2 Å². The Kier molecular flexibility index (Phi) is 17.7. The summed E-state index contributed by atoms with van der Waals surface area (Å²) in [5.74, 6) is 0.342. The third-order valence-corrected chi connectivity index (χ3v) is 6.18. The lowest BCUT2D eigenvalue weighted by Crippen LogP contribution is -2.33. The number of carbonyl (C=O) groups excluding carboxylic acids is 2. The minimum Gasteiger partial charge on any atom is -0.444 e. The SMILES string of the molecule is CC(C)(C)OC(=O)NCCCOCCOCCOCCCNC(=O)CCCSS(C)(=O)=O. The van der Waals surface area contributed by atoms with E-state index in [0.717, 1.165) is 17.0 Å². The Morgan fingerprint density at radius 1 is 0.812 bits per heavy atom. The second-order valence-electron chi connectivity index (χ2n) is 7.95. The van der Waals surface area contributed by atoms with Crippen molar-refractivity contribution in [3.05, 3.63) is 0 Å². The minimum atomic E-state index is -3.04. The summed E-state index contributed by atoms with van der Waals surface area (Å²) in [5.41, 5.74) is -0.499. The van der Waals surface area contributed by atoms with Crippen LogP contribution in [0.2, 0.25) is 0 Å². The lowest BCUT2D eigenvalue weighted by molar-refractivity contribution is -0.121. The lowest BCUT2D eigenvalue weighted by atomic mass is 10.2. The number of rotatable bonds is 19. The lowest BCUT2D eigenvalue weighted by Gasteiger charge is -2.19. The van der Waals surface area contributed by atoms with Crippen molar-refractivity contribution in [1.82, 2.24) is 10.6 Å². The van der Waals surface area contributed by atoms with Crippen LogP contribution in [0.25, 0.3) is 0 Å². The van der Waals surface area contributed by atoms with E-state index in [2.05, 4.69) is 10.6 Å². The van der Waals surface area contributed by atoms with Gasteiger partial charge in [-0.15, -0.1) is 0 Å². The van der Waals surface area contributed by atoms with Crippen molar-refractivity contribution in [2.24, 2.45) is 0 Å². The van der Waals surface area contributed by atoms with Crippen molar-refractivity contribution in [2.75, 3.05) is 64.7 Å². The smallest absolute Gasteiger partial charge is 0.407 e. The van der Waals surface area contributed by atoms with Crippen LogP contribution in [-0.4, -0.2) is 90.8 Å². The van der Waals surface area contributed by atoms with Gasteiger partial charge in [0.25, 0.3) is 0 Å². The fourth-order valence-electron chi connectivity index (χ4n) is 2.15. The molecule has 0 bridgehead atoms. The van der Waals surface area contributed by atoms with Crippen molar-refractivity contribution in [3.63, 3.8) is 0 Å². The molecule has 12 heteroatoms. The molecule has 0 aliphatic carbocycles. The van der Waals surface area contributed by atoms with Gasteiger partial charge >= 0.3 is 6.09 Å². The van der Waals surface area contributed by atoms with Crippen molar-refractivity contribution in [3.8, 4) is 0 Å². The monoisotopic (exact) mass is 500 g/mol. The number of amides is 2. The summed E-state index contributed by atoms with van der Waals surface area (Å²) in [7, 11) is -2.18. The average Bonchev–Trinajstić information content (AvgIpc) is 2.66. The molecular weight excluding hydrogens is 460 g/mol. The van der Waals surface area contributed by atoms with Gasteiger partial charge in [0, 0.05) is 44.7 Å². The zero-order valence-corrected chi connectivity index (χ0v) is 21.4. The highest BCUT2D eigenvalue weighted by Gasteiger charge is 2.15. The predicted octanol–water partition coefficient (Wildman–Crippen LogP) is 1.93. The molecule has 0 rings (SSSR count). The van der Waals surface area contributed by atoms with Gasteiger partial charge in [-0.1, -0.05) is 0 Å². The van der Waals surface area contributed by atoms with Crippen LogP contribution in [0.3, 0.4) is 0 Å². The number of hydrogen-bond donors (Lipinski definition) is 2. The molecule has 0 radical (unpaired) electrons. The maximum Gasteiger partial charge on any atom is 0.407 e. The molecular formula is C20H40N2O8S2. The van der Waals surface area contributed by atoms with Crippen LogP contribution >= 0.6 is 10.8 Å². The molecule has 0 saturated carbocycles. The molecule has 0 aliphatic rings. The number of ether oxygens (including phenoxy) is 4. The summed E-state index contributed by atoms with van der Waals surface area (Å²) in [4.78, 5) is 23.0. The highest BCUT2D eigenvalue weighted by atomic mass is 33.1. The van der Waals surface area contributed by atoms with Crippen molar-refractivity contribution >= 4 is 31.7 Å². The number of alkyl carbamates (subject to hydrolysis) is 1. The van der Waals surface area contributed by atoms with Gasteiger partial charge in [-0.2, -0.15) is 0 Å². The molecule has 32 heavy (non-hydrogen) atoms. The second kappa shape index (κ2) is 18.4. The molecule has 0 fully saturated rings. The van der Waals surface area contributed by atoms with E-state index in [1.54, 1.807) is 0 Å². The maximum atomic E-state index is 11.6. The summed E-state index contributed by atoms with van der Waals surface area (Å²) >= 11 is 0. The molecule has 2 N–H and O–H groups in total. The summed E-state index contributed by atoms with van der Waals surface area (Å²) in [6.45, 7) is 9.39. The van der Waals surface area contributed by atoms with Crippen LogP contribution in [0.4, 0.5) is 4.79 Å². The normalized spacial score (nSPS) is 11.9. The Morgan fingerprint density at radius 2 is 1.31 bits per heavy atom. The molecule has 0 aromatic rings. The van der Waals surface area contributed by atoms with Gasteiger partial charge in [0.15, 0.2) is 8.87 Å². The van der Waals surface area contributed by atoms with E-state index in [1.807, 2.05) is 20.8 Å². The van der Waals surface area contributed by atoms with Crippen LogP contribution in [0.5, 0.6) is 0 Å². The third-order valence-electron chi connectivity index (χ3n) is 3.51. The van der Waals surface area contributed by atoms with Gasteiger partial charge < -0.3 is 29.6 Å². The van der Waals surface area contributed by atoms with Crippen LogP contribution in [0, 0.1) is 0 Å². The largest absolute Gasteiger partial charge is 0.444 e. The van der Waals surface area contributed by atoms with Crippen LogP contribution in [0.15, 0.2) is 0 Å². The highest BCUT2D eigenvalue weighted by molar-refractivity contribution is 8.71. The Hall–Kier alpha value is -1.08. The standard InChI is InChI=1S/C20H40N2O8S2/c1-20(2,3)30-19(24)22-10-7-12-28-14-16-29-15-13-27-11-6-9-21-18(23)8-5-17-31-32(4,25)26/h5-17H2,1-4H3,(H,21,23)(H,22,24). The molecule has 2 amide bonds. The zero-order valence-electron chi connectivity index (χ0n) is 19.8. The van der Waals surface area contributed by atoms with Gasteiger partial charge in [-0.05, 0) is 50.8 Å². The summed E-state index contributed by atoms with van der Waals surface area (Å²) in [6.07, 6.45) is 2.98. The van der Waals surface area contributed by atoms with E-state index in [9.17, 15) is 18.0 Å². The van der Waals surface area contributed by atoms with E-state index >= 15 is 0 Å². The molecule has 10 nitrogen and oxygen atoms in total. The average molecular weight is 501 g/mol. The molecule has 0 heterocycles. The fraction of sp³-hybridized carbons (Fsp3) is 0.900. The first kappa shape index (κ1) is 30.9. The fourth-order valence-corrected chi connectivity index (χ4v) is 3.98. The number of hydrogen-bond acceptors (Lipinski definition) is 9. The quantitative estimate of drug-likeness (QED) is 0.202. The predicted molar refractivity (Wildman–Crippen MR) is 125 cm³/mol. The first-order valence-electron chi connectivity index (χ1n) is 10.8. The van der Waals surface area contributed by atoms with Crippen molar-refractivity contribution < 1.29 is 37.0 Å². The van der Waals surface area contributed by atoms with Crippen LogP contribution < -0.4 is 10.6 Å². The molecule has 0 atom stereocenters. The second-order valence-corrected chi connectivity index (χ2v) is 12.5. The molecule has 0 spiro atoms. The summed E-state index contributed by atoms with van der Waals surface area (Å²) in [5, 5.41) is 5.45. The van der Waals surface area contributed by atoms with Gasteiger partial charge in [0.2, 0.25) is 5.91 Å². The Bertz CT molecular complexity index is 609. The summed E-state index contributed by atoms with van der Waals surface area (Å²) < 4.78 is 43.3. The van der Waals surface area contributed by atoms with E-state index in [4.69, 9.17) is 18.9 Å². The van der Waals surface area contributed by atoms with Crippen molar-refractivity contribution in [1.29, 1.82) is 0 Å². The first-order chi connectivity index (χ1) is 15.0. The Morgan fingerprint density at radius 3 is 1.81 bits per heavy atom. The van der Waals surface area contributed by atoms with Gasteiger partial charge in [0.1, 0.15) is 5.60 Å². The van der Waals surface area contributed by atoms with Crippen LogP contribution in [0.1, 0.15) is 46.5 Å². The van der Waals surface area contributed by atoms with E-state index < -0.39 is 20.6 Å². The number of nitrogens with one attached hydrogen (secondary N) is 2. The Balaban J connectivity index is 3.28. The summed E-state index contributed by atoms with van der Waals surface area (Å²) in [6, 6.07) is 0. The number of carbonyl (C=O) groups is 2. The molecule has 0 aromatic carbocycles. The molecule has 0 saturated heterocycles. The molecule has 190 valence electrons. The molecule has 0 aromatic heterocycles. The third kappa shape index (κ3) is 25.2. The molecule has 0 aliphatic heterocycles. The first-order valence-corrected chi connectivity index (χ1v) is 14.2.